The number of imidazole rings is 1. The summed E-state index contributed by atoms with van der Waals surface area (Å²) in [4.78, 5) is 24.3. The van der Waals surface area contributed by atoms with Crippen LogP contribution in [0.25, 0.3) is 21.0 Å². The number of methoxy groups -OCH3 is 1. The Bertz CT molecular complexity index is 1380. The lowest BCUT2D eigenvalue weighted by molar-refractivity contribution is 0.0986. The molecule has 32 heavy (non-hydrogen) atoms. The number of ether oxygens (including phenoxy) is 1. The number of anilines is 1. The van der Waals surface area contributed by atoms with Crippen molar-refractivity contribution in [3.63, 3.8) is 0 Å². The number of carbonyl (C=O) groups is 1. The molecule has 6 nitrogen and oxygen atoms in total. The Morgan fingerprint density at radius 2 is 1.97 bits per heavy atom. The van der Waals surface area contributed by atoms with E-state index in [0.29, 0.717) is 23.0 Å². The van der Waals surface area contributed by atoms with Crippen molar-refractivity contribution >= 4 is 43.4 Å². The molecule has 2 aromatic heterocycles. The van der Waals surface area contributed by atoms with E-state index in [9.17, 15) is 4.79 Å². The fourth-order valence-corrected chi connectivity index (χ4v) is 4.79. The van der Waals surface area contributed by atoms with E-state index in [1.165, 1.54) is 11.3 Å². The number of rotatable bonds is 7. The standard InChI is InChI=1S/C25H22N4O2S/c1-31-21-8-4-9-22-23(21)27-25(32-22)29(14-5-13-28-15-12-26-17-28)24(30)20-11-10-18-6-2-3-7-19(18)16-20/h2-4,6-12,15-17H,5,13-14H2,1H3. The molecule has 2 heterocycles. The second kappa shape index (κ2) is 8.80. The van der Waals surface area contributed by atoms with Crippen LogP contribution in [-0.2, 0) is 6.54 Å². The maximum absolute atomic E-state index is 13.7. The van der Waals surface area contributed by atoms with Crippen LogP contribution >= 0.6 is 11.3 Å². The molecule has 0 unspecified atom stereocenters. The number of hydrogen-bond donors (Lipinski definition) is 0. The minimum atomic E-state index is -0.0561. The fourth-order valence-electron chi connectivity index (χ4n) is 3.78. The number of thiazole rings is 1. The van der Waals surface area contributed by atoms with Crippen molar-refractivity contribution in [1.29, 1.82) is 0 Å². The van der Waals surface area contributed by atoms with Crippen LogP contribution in [0.4, 0.5) is 5.13 Å². The molecule has 0 N–H and O–H groups in total. The minimum absolute atomic E-state index is 0.0561. The first-order chi connectivity index (χ1) is 15.7. The van der Waals surface area contributed by atoms with Crippen LogP contribution in [0.15, 0.2) is 79.4 Å². The van der Waals surface area contributed by atoms with Gasteiger partial charge in [0.1, 0.15) is 11.3 Å². The van der Waals surface area contributed by atoms with Gasteiger partial charge in [-0.1, -0.05) is 47.7 Å². The third-order valence-corrected chi connectivity index (χ3v) is 6.46. The van der Waals surface area contributed by atoms with Gasteiger partial charge >= 0.3 is 0 Å². The molecular formula is C25H22N4O2S. The quantitative estimate of drug-likeness (QED) is 0.339. The SMILES string of the molecule is COc1cccc2sc(N(CCCn3ccnc3)C(=O)c3ccc4ccccc4c3)nc12. The van der Waals surface area contributed by atoms with Gasteiger partial charge in [-0.3, -0.25) is 9.69 Å². The summed E-state index contributed by atoms with van der Waals surface area (Å²) in [6.07, 6.45) is 6.26. The van der Waals surface area contributed by atoms with E-state index in [1.807, 2.05) is 71.4 Å². The Morgan fingerprint density at radius 3 is 2.78 bits per heavy atom. The first-order valence-corrected chi connectivity index (χ1v) is 11.2. The van der Waals surface area contributed by atoms with Crippen LogP contribution in [0, 0.1) is 0 Å². The molecular weight excluding hydrogens is 420 g/mol. The molecule has 0 fully saturated rings. The Balaban J connectivity index is 1.50. The zero-order valence-corrected chi connectivity index (χ0v) is 18.5. The molecule has 5 aromatic rings. The summed E-state index contributed by atoms with van der Waals surface area (Å²) in [5, 5.41) is 2.83. The third kappa shape index (κ3) is 3.94. The lowest BCUT2D eigenvalue weighted by atomic mass is 10.1. The smallest absolute Gasteiger partial charge is 0.260 e. The predicted molar refractivity (Wildman–Crippen MR) is 129 cm³/mol. The average Bonchev–Trinajstić information content (AvgIpc) is 3.50. The number of aromatic nitrogens is 3. The van der Waals surface area contributed by atoms with E-state index in [0.717, 1.165) is 34.0 Å². The molecule has 5 rings (SSSR count). The highest BCUT2D eigenvalue weighted by molar-refractivity contribution is 7.22. The van der Waals surface area contributed by atoms with Gasteiger partial charge in [0.05, 0.1) is 18.1 Å². The summed E-state index contributed by atoms with van der Waals surface area (Å²) < 4.78 is 8.48. The van der Waals surface area contributed by atoms with Crippen LogP contribution < -0.4 is 9.64 Å². The zero-order valence-electron chi connectivity index (χ0n) is 17.6. The molecule has 7 heteroatoms. The molecule has 0 aliphatic carbocycles. The lowest BCUT2D eigenvalue weighted by Gasteiger charge is -2.20. The number of nitrogens with zero attached hydrogens (tertiary/aromatic N) is 4. The summed E-state index contributed by atoms with van der Waals surface area (Å²) in [5.74, 6) is 0.654. The fraction of sp³-hybridized carbons (Fsp3) is 0.160. The molecule has 0 radical (unpaired) electrons. The average molecular weight is 443 g/mol. The van der Waals surface area contributed by atoms with E-state index in [1.54, 1.807) is 24.5 Å². The highest BCUT2D eigenvalue weighted by atomic mass is 32.1. The molecule has 0 bridgehead atoms. The van der Waals surface area contributed by atoms with Gasteiger partial charge in [0, 0.05) is 31.0 Å². The molecule has 1 amide bonds. The van der Waals surface area contributed by atoms with Crippen LogP contribution in [0.1, 0.15) is 16.8 Å². The van der Waals surface area contributed by atoms with Crippen LogP contribution in [0.3, 0.4) is 0 Å². The van der Waals surface area contributed by atoms with Gasteiger partial charge in [0.25, 0.3) is 5.91 Å². The number of hydrogen-bond acceptors (Lipinski definition) is 5. The van der Waals surface area contributed by atoms with Crippen molar-refractivity contribution in [2.75, 3.05) is 18.6 Å². The molecule has 0 saturated heterocycles. The van der Waals surface area contributed by atoms with Crippen LogP contribution in [-0.4, -0.2) is 34.1 Å². The first kappa shape index (κ1) is 20.2. The Morgan fingerprint density at radius 1 is 1.09 bits per heavy atom. The predicted octanol–water partition coefficient (Wildman–Crippen LogP) is 5.39. The monoisotopic (exact) mass is 442 g/mol. The van der Waals surface area contributed by atoms with Gasteiger partial charge in [-0.25, -0.2) is 9.97 Å². The van der Waals surface area contributed by atoms with Crippen LogP contribution in [0.2, 0.25) is 0 Å². The summed E-state index contributed by atoms with van der Waals surface area (Å²) in [6.45, 7) is 1.32. The van der Waals surface area contributed by atoms with Gasteiger partial charge in [-0.15, -0.1) is 0 Å². The molecule has 0 aliphatic rings. The second-order valence-corrected chi connectivity index (χ2v) is 8.49. The Labute approximate surface area is 189 Å². The first-order valence-electron chi connectivity index (χ1n) is 10.4. The number of benzene rings is 3. The summed E-state index contributed by atoms with van der Waals surface area (Å²) in [5.41, 5.74) is 1.43. The maximum atomic E-state index is 13.7. The number of aryl methyl sites for hydroxylation is 1. The van der Waals surface area contributed by atoms with Crippen molar-refractivity contribution in [3.8, 4) is 5.75 Å². The van der Waals surface area contributed by atoms with E-state index in [-0.39, 0.29) is 5.91 Å². The van der Waals surface area contributed by atoms with Crippen molar-refractivity contribution in [2.45, 2.75) is 13.0 Å². The minimum Gasteiger partial charge on any atom is -0.494 e. The highest BCUT2D eigenvalue weighted by Crippen LogP contribution is 2.35. The second-order valence-electron chi connectivity index (χ2n) is 7.48. The van der Waals surface area contributed by atoms with Crippen molar-refractivity contribution in [3.05, 3.63) is 84.9 Å². The van der Waals surface area contributed by atoms with E-state index in [4.69, 9.17) is 9.72 Å². The highest BCUT2D eigenvalue weighted by Gasteiger charge is 2.22. The van der Waals surface area contributed by atoms with Crippen LogP contribution in [0.5, 0.6) is 5.75 Å². The summed E-state index contributed by atoms with van der Waals surface area (Å²) >= 11 is 1.50. The van der Waals surface area contributed by atoms with Gasteiger partial charge in [-0.2, -0.15) is 0 Å². The summed E-state index contributed by atoms with van der Waals surface area (Å²) in [6, 6.07) is 19.7. The molecule has 160 valence electrons. The largest absolute Gasteiger partial charge is 0.494 e. The number of amides is 1. The Kier molecular flexibility index (Phi) is 5.56. The van der Waals surface area contributed by atoms with E-state index < -0.39 is 0 Å². The third-order valence-electron chi connectivity index (χ3n) is 5.42. The van der Waals surface area contributed by atoms with E-state index in [2.05, 4.69) is 4.98 Å². The van der Waals surface area contributed by atoms with Gasteiger partial charge < -0.3 is 9.30 Å². The van der Waals surface area contributed by atoms with Gasteiger partial charge in [0.15, 0.2) is 5.13 Å². The normalized spacial score (nSPS) is 11.2. The molecule has 0 spiro atoms. The molecule has 3 aromatic carbocycles. The number of para-hydroxylation sites is 1. The topological polar surface area (TPSA) is 60.2 Å². The summed E-state index contributed by atoms with van der Waals surface area (Å²) in [7, 11) is 1.64. The molecule has 0 aliphatic heterocycles. The number of fused-ring (bicyclic) bond motifs is 2. The molecule has 0 atom stereocenters. The van der Waals surface area contributed by atoms with Crippen molar-refractivity contribution < 1.29 is 9.53 Å². The maximum Gasteiger partial charge on any atom is 0.260 e. The zero-order chi connectivity index (χ0) is 21.9. The van der Waals surface area contributed by atoms with Gasteiger partial charge in [0.2, 0.25) is 0 Å². The van der Waals surface area contributed by atoms with Crippen molar-refractivity contribution in [1.82, 2.24) is 14.5 Å². The van der Waals surface area contributed by atoms with E-state index >= 15 is 0 Å². The van der Waals surface area contributed by atoms with Crippen molar-refractivity contribution in [2.24, 2.45) is 0 Å². The van der Waals surface area contributed by atoms with Gasteiger partial charge in [-0.05, 0) is 41.5 Å². The lowest BCUT2D eigenvalue weighted by Crippen LogP contribution is -2.32. The Hall–Kier alpha value is -3.71. The molecule has 0 saturated carbocycles. The number of carbonyl (C=O) groups excluding carboxylic acids is 1.